The molecular formula is C17H26N2. The quantitative estimate of drug-likeness (QED) is 0.893. The zero-order valence-corrected chi connectivity index (χ0v) is 12.4. The number of nitrogens with one attached hydrogen (secondary N) is 1. The lowest BCUT2D eigenvalue weighted by molar-refractivity contribution is 0.271. The van der Waals surface area contributed by atoms with Gasteiger partial charge in [-0.15, -0.1) is 0 Å². The molecule has 2 atom stereocenters. The zero-order chi connectivity index (χ0) is 13.4. The van der Waals surface area contributed by atoms with Crippen molar-refractivity contribution >= 4 is 0 Å². The van der Waals surface area contributed by atoms with Gasteiger partial charge in [0.2, 0.25) is 0 Å². The molecule has 1 aromatic rings. The smallest absolute Gasteiger partial charge is 0.0386 e. The number of likely N-dealkylation sites (tertiary alicyclic amines) is 1. The summed E-state index contributed by atoms with van der Waals surface area (Å²) in [6, 6.07) is 8.46. The molecule has 1 aromatic carbocycles. The monoisotopic (exact) mass is 258 g/mol. The summed E-state index contributed by atoms with van der Waals surface area (Å²) in [6.07, 6.45) is 4.10. The number of rotatable bonds is 4. The topological polar surface area (TPSA) is 15.3 Å². The van der Waals surface area contributed by atoms with Gasteiger partial charge in [0.25, 0.3) is 0 Å². The maximum absolute atomic E-state index is 3.72. The predicted molar refractivity (Wildman–Crippen MR) is 80.4 cm³/mol. The van der Waals surface area contributed by atoms with Crippen LogP contribution in [0.1, 0.15) is 42.0 Å². The maximum atomic E-state index is 3.72. The Morgan fingerprint density at radius 3 is 2.42 bits per heavy atom. The number of benzene rings is 1. The lowest BCUT2D eigenvalue weighted by Gasteiger charge is -2.26. The fraction of sp³-hybridized carbons (Fsp3) is 0.647. The normalized spacial score (nSPS) is 27.9. The van der Waals surface area contributed by atoms with Crippen LogP contribution >= 0.6 is 0 Å². The van der Waals surface area contributed by atoms with E-state index in [1.54, 1.807) is 0 Å². The lowest BCUT2D eigenvalue weighted by Crippen LogP contribution is -2.29. The van der Waals surface area contributed by atoms with Crippen LogP contribution in [0.25, 0.3) is 0 Å². The van der Waals surface area contributed by atoms with Gasteiger partial charge >= 0.3 is 0 Å². The second-order valence-corrected chi connectivity index (χ2v) is 6.58. The van der Waals surface area contributed by atoms with E-state index in [0.29, 0.717) is 6.04 Å². The fourth-order valence-corrected chi connectivity index (χ4v) is 3.55. The molecule has 1 aliphatic carbocycles. The molecule has 3 rings (SSSR count). The molecule has 104 valence electrons. The van der Waals surface area contributed by atoms with Gasteiger partial charge in [-0.1, -0.05) is 29.3 Å². The Morgan fingerprint density at radius 2 is 1.79 bits per heavy atom. The van der Waals surface area contributed by atoms with Crippen LogP contribution in [0.3, 0.4) is 0 Å². The van der Waals surface area contributed by atoms with Gasteiger partial charge in [-0.2, -0.15) is 0 Å². The van der Waals surface area contributed by atoms with E-state index in [4.69, 9.17) is 0 Å². The number of hydrogen-bond acceptors (Lipinski definition) is 2. The molecule has 0 spiro atoms. The van der Waals surface area contributed by atoms with E-state index < -0.39 is 0 Å². The molecule has 0 amide bonds. The van der Waals surface area contributed by atoms with E-state index in [-0.39, 0.29) is 0 Å². The SMILES string of the molecule is Cc1cc(C)cc(C2C(CNC3CC3)CCN2C)c1. The first-order valence-corrected chi connectivity index (χ1v) is 7.65. The number of hydrogen-bond donors (Lipinski definition) is 1. The van der Waals surface area contributed by atoms with Crippen molar-refractivity contribution in [2.75, 3.05) is 20.1 Å². The van der Waals surface area contributed by atoms with Crippen LogP contribution in [0.15, 0.2) is 18.2 Å². The molecule has 0 aromatic heterocycles. The van der Waals surface area contributed by atoms with Crippen LogP contribution in [0.4, 0.5) is 0 Å². The minimum Gasteiger partial charge on any atom is -0.314 e. The maximum Gasteiger partial charge on any atom is 0.0386 e. The van der Waals surface area contributed by atoms with Gasteiger partial charge in [0, 0.05) is 18.6 Å². The Bertz CT molecular complexity index is 430. The number of aryl methyl sites for hydroxylation is 2. The Hall–Kier alpha value is -0.860. The molecule has 1 saturated heterocycles. The molecule has 1 N–H and O–H groups in total. The van der Waals surface area contributed by atoms with Crippen molar-refractivity contribution in [3.8, 4) is 0 Å². The summed E-state index contributed by atoms with van der Waals surface area (Å²) >= 11 is 0. The van der Waals surface area contributed by atoms with Crippen molar-refractivity contribution in [2.45, 2.75) is 45.2 Å². The van der Waals surface area contributed by atoms with E-state index in [0.717, 1.165) is 12.0 Å². The van der Waals surface area contributed by atoms with Gasteiger partial charge in [-0.05, 0) is 58.2 Å². The van der Waals surface area contributed by atoms with Crippen LogP contribution in [-0.2, 0) is 0 Å². The summed E-state index contributed by atoms with van der Waals surface area (Å²) in [7, 11) is 2.28. The van der Waals surface area contributed by atoms with E-state index in [2.05, 4.69) is 49.3 Å². The third-order valence-electron chi connectivity index (χ3n) is 4.61. The highest BCUT2D eigenvalue weighted by Crippen LogP contribution is 2.37. The highest BCUT2D eigenvalue weighted by Gasteiger charge is 2.34. The minimum absolute atomic E-state index is 0.602. The van der Waals surface area contributed by atoms with E-state index in [1.165, 1.54) is 49.0 Å². The average Bonchev–Trinajstić information content (AvgIpc) is 3.09. The van der Waals surface area contributed by atoms with Crippen molar-refractivity contribution in [3.05, 3.63) is 34.9 Å². The highest BCUT2D eigenvalue weighted by atomic mass is 15.2. The van der Waals surface area contributed by atoms with Gasteiger partial charge in [0.15, 0.2) is 0 Å². The van der Waals surface area contributed by atoms with Crippen LogP contribution < -0.4 is 5.32 Å². The molecule has 2 nitrogen and oxygen atoms in total. The molecule has 1 saturated carbocycles. The molecule has 1 heterocycles. The van der Waals surface area contributed by atoms with Crippen molar-refractivity contribution < 1.29 is 0 Å². The third kappa shape index (κ3) is 3.01. The van der Waals surface area contributed by atoms with E-state index >= 15 is 0 Å². The Morgan fingerprint density at radius 1 is 1.11 bits per heavy atom. The third-order valence-corrected chi connectivity index (χ3v) is 4.61. The molecule has 2 heteroatoms. The van der Waals surface area contributed by atoms with Crippen LogP contribution in [0, 0.1) is 19.8 Å². The lowest BCUT2D eigenvalue weighted by atomic mass is 9.91. The molecule has 1 aliphatic heterocycles. The van der Waals surface area contributed by atoms with Crippen LogP contribution in [-0.4, -0.2) is 31.1 Å². The second-order valence-electron chi connectivity index (χ2n) is 6.58. The molecule has 0 bridgehead atoms. The first kappa shape index (κ1) is 13.1. The molecular weight excluding hydrogens is 232 g/mol. The molecule has 0 radical (unpaired) electrons. The Kier molecular flexibility index (Phi) is 3.64. The molecule has 2 fully saturated rings. The zero-order valence-electron chi connectivity index (χ0n) is 12.4. The minimum atomic E-state index is 0.602. The molecule has 19 heavy (non-hydrogen) atoms. The van der Waals surface area contributed by atoms with E-state index in [1.807, 2.05) is 0 Å². The van der Waals surface area contributed by atoms with Gasteiger partial charge in [0.05, 0.1) is 0 Å². The van der Waals surface area contributed by atoms with Gasteiger partial charge in [0.1, 0.15) is 0 Å². The first-order valence-electron chi connectivity index (χ1n) is 7.65. The van der Waals surface area contributed by atoms with Gasteiger partial charge < -0.3 is 5.32 Å². The summed E-state index contributed by atoms with van der Waals surface area (Å²) in [4.78, 5) is 2.54. The summed E-state index contributed by atoms with van der Waals surface area (Å²) in [5, 5.41) is 3.72. The average molecular weight is 258 g/mol. The molecule has 2 unspecified atom stereocenters. The fourth-order valence-electron chi connectivity index (χ4n) is 3.55. The summed E-state index contributed by atoms with van der Waals surface area (Å²) < 4.78 is 0. The Balaban J connectivity index is 1.77. The second kappa shape index (κ2) is 5.26. The van der Waals surface area contributed by atoms with Crippen molar-refractivity contribution in [1.29, 1.82) is 0 Å². The van der Waals surface area contributed by atoms with Crippen LogP contribution in [0.5, 0.6) is 0 Å². The predicted octanol–water partition coefficient (Wildman–Crippen LogP) is 3.05. The highest BCUT2D eigenvalue weighted by molar-refractivity contribution is 5.31. The molecule has 2 aliphatic rings. The van der Waals surface area contributed by atoms with Gasteiger partial charge in [-0.25, -0.2) is 0 Å². The van der Waals surface area contributed by atoms with Crippen molar-refractivity contribution in [1.82, 2.24) is 10.2 Å². The van der Waals surface area contributed by atoms with Gasteiger partial charge in [-0.3, -0.25) is 4.90 Å². The van der Waals surface area contributed by atoms with E-state index in [9.17, 15) is 0 Å². The van der Waals surface area contributed by atoms with Crippen molar-refractivity contribution in [2.24, 2.45) is 5.92 Å². The number of nitrogens with zero attached hydrogens (tertiary/aromatic N) is 1. The summed E-state index contributed by atoms with van der Waals surface area (Å²) in [5.74, 6) is 0.770. The standard InChI is InChI=1S/C17H26N2/c1-12-8-13(2)10-15(9-12)17-14(6-7-19(17)3)11-18-16-4-5-16/h8-10,14,16-18H,4-7,11H2,1-3H3. The Labute approximate surface area is 117 Å². The van der Waals surface area contributed by atoms with Crippen molar-refractivity contribution in [3.63, 3.8) is 0 Å². The summed E-state index contributed by atoms with van der Waals surface area (Å²) in [6.45, 7) is 6.84. The van der Waals surface area contributed by atoms with Crippen LogP contribution in [0.2, 0.25) is 0 Å². The largest absolute Gasteiger partial charge is 0.314 e. The first-order chi connectivity index (χ1) is 9.13. The summed E-state index contributed by atoms with van der Waals surface area (Å²) in [5.41, 5.74) is 4.30.